The van der Waals surface area contributed by atoms with Gasteiger partial charge in [-0.3, -0.25) is 9.89 Å². The molecule has 2 aromatic carbocycles. The predicted molar refractivity (Wildman–Crippen MR) is 140 cm³/mol. The third kappa shape index (κ3) is 10.0. The molecule has 1 unspecified atom stereocenters. The second-order valence-electron chi connectivity index (χ2n) is 7.36. The van der Waals surface area contributed by atoms with Gasteiger partial charge in [0.25, 0.3) is 0 Å². The zero-order chi connectivity index (χ0) is 21.8. The number of guanidine groups is 1. The Labute approximate surface area is 204 Å². The highest BCUT2D eigenvalue weighted by Gasteiger charge is 2.14. The molecule has 2 aromatic rings. The zero-order valence-electron chi connectivity index (χ0n) is 18.6. The summed E-state index contributed by atoms with van der Waals surface area (Å²) in [7, 11) is -1.17. The van der Waals surface area contributed by atoms with E-state index in [4.69, 9.17) is 0 Å². The van der Waals surface area contributed by atoms with Gasteiger partial charge in [0.1, 0.15) is 0 Å². The molecule has 0 saturated carbocycles. The Kier molecular flexibility index (Phi) is 12.7. The molecule has 31 heavy (non-hydrogen) atoms. The van der Waals surface area contributed by atoms with Gasteiger partial charge in [0, 0.05) is 32.2 Å². The van der Waals surface area contributed by atoms with Gasteiger partial charge in [0.05, 0.1) is 10.6 Å². The smallest absolute Gasteiger partial charge is 0.191 e. The number of hydrogen-bond acceptors (Lipinski definition) is 4. The third-order valence-electron chi connectivity index (χ3n) is 4.95. The van der Waals surface area contributed by atoms with Gasteiger partial charge in [-0.25, -0.2) is 8.42 Å². The minimum Gasteiger partial charge on any atom is -0.357 e. The number of nitrogens with one attached hydrogen (secondary N) is 2. The normalized spacial score (nSPS) is 12.8. The van der Waals surface area contributed by atoms with Crippen molar-refractivity contribution in [1.82, 2.24) is 15.5 Å². The van der Waals surface area contributed by atoms with Gasteiger partial charge in [-0.2, -0.15) is 0 Å². The lowest BCUT2D eigenvalue weighted by Gasteiger charge is -2.24. The molecule has 0 radical (unpaired) electrons. The van der Waals surface area contributed by atoms with E-state index in [1.807, 2.05) is 19.1 Å². The maximum atomic E-state index is 12.4. The van der Waals surface area contributed by atoms with Crippen LogP contribution in [0, 0.1) is 0 Å². The number of nitrogens with zero attached hydrogens (tertiary/aromatic N) is 2. The Hall–Kier alpha value is -1.65. The van der Waals surface area contributed by atoms with Gasteiger partial charge in [0.15, 0.2) is 15.8 Å². The molecular formula is C23H35IN4O2S. The number of sulfone groups is 1. The molecule has 0 saturated heterocycles. The number of halogens is 1. The zero-order valence-corrected chi connectivity index (χ0v) is 21.8. The summed E-state index contributed by atoms with van der Waals surface area (Å²) in [4.78, 5) is 7.28. The fraction of sp³-hybridized carbons (Fsp3) is 0.435. The average Bonchev–Trinajstić information content (AvgIpc) is 2.75. The molecule has 2 rings (SSSR count). The summed E-state index contributed by atoms with van der Waals surface area (Å²) in [6.45, 7) is 6.80. The van der Waals surface area contributed by atoms with Gasteiger partial charge < -0.3 is 10.6 Å². The fourth-order valence-corrected chi connectivity index (χ4v) is 4.18. The molecule has 8 heteroatoms. The van der Waals surface area contributed by atoms with E-state index in [0.717, 1.165) is 19.5 Å². The van der Waals surface area contributed by atoms with E-state index in [1.165, 1.54) is 5.56 Å². The molecule has 0 aromatic heterocycles. The van der Waals surface area contributed by atoms with Crippen molar-refractivity contribution < 1.29 is 8.42 Å². The lowest BCUT2D eigenvalue weighted by molar-refractivity contribution is 0.240. The lowest BCUT2D eigenvalue weighted by Crippen LogP contribution is -2.40. The summed E-state index contributed by atoms with van der Waals surface area (Å²) in [5, 5.41) is 6.32. The van der Waals surface area contributed by atoms with E-state index >= 15 is 0 Å². The molecule has 1 atom stereocenters. The van der Waals surface area contributed by atoms with Gasteiger partial charge in [0.2, 0.25) is 0 Å². The van der Waals surface area contributed by atoms with Crippen LogP contribution in [0.4, 0.5) is 0 Å². The largest absolute Gasteiger partial charge is 0.357 e. The number of aliphatic imine (C=N–C) groups is 1. The van der Waals surface area contributed by atoms with E-state index in [-0.39, 0.29) is 29.7 Å². The topological polar surface area (TPSA) is 73.8 Å². The average molecular weight is 559 g/mol. The van der Waals surface area contributed by atoms with Gasteiger partial charge in [-0.1, -0.05) is 48.5 Å². The van der Waals surface area contributed by atoms with Gasteiger partial charge in [-0.15, -0.1) is 24.0 Å². The summed E-state index contributed by atoms with van der Waals surface area (Å²) in [5.74, 6) is 0.677. The molecule has 2 N–H and O–H groups in total. The highest BCUT2D eigenvalue weighted by molar-refractivity contribution is 14.0. The van der Waals surface area contributed by atoms with Crippen LogP contribution in [0.3, 0.4) is 0 Å². The quantitative estimate of drug-likeness (QED) is 0.251. The standard InChI is InChI=1S/C23H34N4O2S.HI/c1-4-24-23(26-17-18-30(28,29)22-13-9-6-10-14-22)25-16-15-20(2)27(3)19-21-11-7-5-8-12-21;/h5-14,20H,4,15-19H2,1-3H3,(H2,24,25,26);1H. The van der Waals surface area contributed by atoms with Crippen molar-refractivity contribution in [3.63, 3.8) is 0 Å². The van der Waals surface area contributed by atoms with Crippen LogP contribution in [-0.4, -0.2) is 57.8 Å². The summed E-state index contributed by atoms with van der Waals surface area (Å²) in [6, 6.07) is 19.3. The van der Waals surface area contributed by atoms with Gasteiger partial charge in [-0.05, 0) is 45.0 Å². The van der Waals surface area contributed by atoms with Crippen LogP contribution < -0.4 is 10.6 Å². The highest BCUT2D eigenvalue weighted by Crippen LogP contribution is 2.10. The Morgan fingerprint density at radius 2 is 1.65 bits per heavy atom. The minimum atomic E-state index is -3.30. The predicted octanol–water partition coefficient (Wildman–Crippen LogP) is 3.54. The summed E-state index contributed by atoms with van der Waals surface area (Å²) >= 11 is 0. The Morgan fingerprint density at radius 3 is 2.26 bits per heavy atom. The van der Waals surface area contributed by atoms with Crippen LogP contribution in [0.5, 0.6) is 0 Å². The second-order valence-corrected chi connectivity index (χ2v) is 9.47. The molecule has 0 bridgehead atoms. The molecule has 0 amide bonds. The maximum Gasteiger partial charge on any atom is 0.191 e. The van der Waals surface area contributed by atoms with Crippen LogP contribution in [0.15, 0.2) is 70.6 Å². The summed E-state index contributed by atoms with van der Waals surface area (Å²) < 4.78 is 24.8. The van der Waals surface area contributed by atoms with Crippen LogP contribution >= 0.6 is 24.0 Å². The van der Waals surface area contributed by atoms with Crippen molar-refractivity contribution in [2.45, 2.75) is 37.8 Å². The van der Waals surface area contributed by atoms with Crippen LogP contribution in [-0.2, 0) is 16.4 Å². The monoisotopic (exact) mass is 558 g/mol. The Bertz CT molecular complexity index is 877. The van der Waals surface area contributed by atoms with E-state index < -0.39 is 9.84 Å². The second kappa shape index (κ2) is 14.4. The number of hydrogen-bond donors (Lipinski definition) is 2. The molecular weight excluding hydrogens is 523 g/mol. The van der Waals surface area contributed by atoms with Crippen LogP contribution in [0.25, 0.3) is 0 Å². The molecule has 6 nitrogen and oxygen atoms in total. The van der Waals surface area contributed by atoms with E-state index in [2.05, 4.69) is 58.8 Å². The van der Waals surface area contributed by atoms with Crippen molar-refractivity contribution >= 4 is 39.8 Å². The first-order valence-corrected chi connectivity index (χ1v) is 12.1. The van der Waals surface area contributed by atoms with E-state index in [0.29, 0.717) is 30.0 Å². The Morgan fingerprint density at radius 1 is 1.03 bits per heavy atom. The van der Waals surface area contributed by atoms with Crippen molar-refractivity contribution in [2.24, 2.45) is 4.99 Å². The molecule has 172 valence electrons. The summed E-state index contributed by atoms with van der Waals surface area (Å²) in [6.07, 6.45) is 0.919. The van der Waals surface area contributed by atoms with Crippen molar-refractivity contribution in [2.75, 3.05) is 32.4 Å². The molecule has 0 aliphatic rings. The summed E-state index contributed by atoms with van der Waals surface area (Å²) in [5.41, 5.74) is 1.30. The molecule has 0 fully saturated rings. The Balaban J connectivity index is 0.00000480. The SMILES string of the molecule is CCNC(=NCCC(C)N(C)Cc1ccccc1)NCCS(=O)(=O)c1ccccc1.I. The van der Waals surface area contributed by atoms with Crippen LogP contribution in [0.2, 0.25) is 0 Å². The van der Waals surface area contributed by atoms with E-state index in [9.17, 15) is 8.42 Å². The molecule has 0 heterocycles. The third-order valence-corrected chi connectivity index (χ3v) is 6.69. The first-order valence-electron chi connectivity index (χ1n) is 10.5. The molecule has 0 spiro atoms. The maximum absolute atomic E-state index is 12.4. The fourth-order valence-electron chi connectivity index (χ4n) is 3.00. The number of rotatable bonds is 11. The minimum absolute atomic E-state index is 0. The van der Waals surface area contributed by atoms with Gasteiger partial charge >= 0.3 is 0 Å². The molecule has 0 aliphatic heterocycles. The lowest BCUT2D eigenvalue weighted by atomic mass is 10.1. The van der Waals surface area contributed by atoms with Crippen molar-refractivity contribution in [3.05, 3.63) is 66.2 Å². The van der Waals surface area contributed by atoms with E-state index in [1.54, 1.807) is 24.3 Å². The van der Waals surface area contributed by atoms with Crippen molar-refractivity contribution in [1.29, 1.82) is 0 Å². The number of benzene rings is 2. The van der Waals surface area contributed by atoms with Crippen molar-refractivity contribution in [3.8, 4) is 0 Å². The highest BCUT2D eigenvalue weighted by atomic mass is 127. The molecule has 0 aliphatic carbocycles. The first kappa shape index (κ1) is 27.4. The van der Waals surface area contributed by atoms with Crippen LogP contribution in [0.1, 0.15) is 25.8 Å². The first-order chi connectivity index (χ1) is 14.4.